The largest absolute Gasteiger partial charge is 0.377 e. The van der Waals surface area contributed by atoms with Crippen molar-refractivity contribution in [3.63, 3.8) is 0 Å². The molecule has 0 aliphatic carbocycles. The number of methoxy groups -OCH3 is 1. The Balaban J connectivity index is 0.00000312. The van der Waals surface area contributed by atoms with Crippen molar-refractivity contribution >= 4 is 29.9 Å². The summed E-state index contributed by atoms with van der Waals surface area (Å²) in [6.07, 6.45) is 6.35. The highest BCUT2D eigenvalue weighted by molar-refractivity contribution is 14.0. The van der Waals surface area contributed by atoms with Crippen LogP contribution >= 0.6 is 24.0 Å². The number of ether oxygens (including phenoxy) is 3. The van der Waals surface area contributed by atoms with Crippen molar-refractivity contribution < 1.29 is 14.2 Å². The number of piperidine rings is 1. The molecule has 0 radical (unpaired) electrons. The minimum absolute atomic E-state index is 0. The molecule has 2 aliphatic rings. The monoisotopic (exact) mass is 469 g/mol. The quantitative estimate of drug-likeness (QED) is 0.368. The SMILES string of the molecule is CN=C(NCC(C)(C)OC)N1CCC(OCC2CCCCO2)CC1.I. The highest BCUT2D eigenvalue weighted by Gasteiger charge is 2.25. The minimum Gasteiger partial charge on any atom is -0.377 e. The maximum absolute atomic E-state index is 6.08. The molecule has 0 saturated carbocycles. The number of nitrogens with one attached hydrogen (secondary N) is 1. The zero-order chi connectivity index (χ0) is 17.4. The van der Waals surface area contributed by atoms with Crippen LogP contribution in [-0.4, -0.2) is 75.7 Å². The van der Waals surface area contributed by atoms with E-state index in [9.17, 15) is 0 Å². The lowest BCUT2D eigenvalue weighted by Gasteiger charge is -2.36. The van der Waals surface area contributed by atoms with Gasteiger partial charge in [-0.1, -0.05) is 0 Å². The predicted octanol–water partition coefficient (Wildman–Crippen LogP) is 2.65. The first-order valence-corrected chi connectivity index (χ1v) is 9.28. The third-order valence-electron chi connectivity index (χ3n) is 4.97. The van der Waals surface area contributed by atoms with E-state index in [2.05, 4.69) is 29.1 Å². The summed E-state index contributed by atoms with van der Waals surface area (Å²) >= 11 is 0. The molecule has 0 aromatic rings. The molecular formula is C18H36IN3O3. The van der Waals surface area contributed by atoms with Crippen LogP contribution < -0.4 is 5.32 Å². The predicted molar refractivity (Wildman–Crippen MR) is 112 cm³/mol. The van der Waals surface area contributed by atoms with E-state index in [0.29, 0.717) is 12.2 Å². The minimum atomic E-state index is -0.197. The number of halogens is 1. The first kappa shape index (κ1) is 22.9. The number of likely N-dealkylation sites (tertiary alicyclic amines) is 1. The average Bonchev–Trinajstić information content (AvgIpc) is 2.62. The van der Waals surface area contributed by atoms with E-state index in [1.54, 1.807) is 7.11 Å². The first-order chi connectivity index (χ1) is 11.5. The summed E-state index contributed by atoms with van der Waals surface area (Å²) in [5, 5.41) is 3.42. The standard InChI is InChI=1S/C18H35N3O3.HI/c1-18(2,22-4)14-20-17(19-3)21-10-8-15(9-11-21)24-13-16-7-5-6-12-23-16;/h15-16H,5-14H2,1-4H3,(H,19,20);1H. The topological polar surface area (TPSA) is 55.3 Å². The number of aliphatic imine (C=N–C) groups is 1. The normalized spacial score (nSPS) is 23.3. The van der Waals surface area contributed by atoms with Crippen LogP contribution in [0.2, 0.25) is 0 Å². The zero-order valence-corrected chi connectivity index (χ0v) is 18.6. The number of rotatable bonds is 6. The molecule has 2 rings (SSSR count). The Bertz CT molecular complexity index is 393. The summed E-state index contributed by atoms with van der Waals surface area (Å²) in [5.41, 5.74) is -0.197. The molecular weight excluding hydrogens is 433 g/mol. The van der Waals surface area contributed by atoms with E-state index in [1.807, 2.05) is 7.05 Å². The Kier molecular flexibility index (Phi) is 10.6. The van der Waals surface area contributed by atoms with E-state index < -0.39 is 0 Å². The molecule has 0 spiro atoms. The van der Waals surface area contributed by atoms with Crippen molar-refractivity contribution in [3.8, 4) is 0 Å². The second kappa shape index (κ2) is 11.6. The van der Waals surface area contributed by atoms with E-state index in [1.165, 1.54) is 12.8 Å². The van der Waals surface area contributed by atoms with Crippen molar-refractivity contribution in [3.05, 3.63) is 0 Å². The third kappa shape index (κ3) is 7.97. The van der Waals surface area contributed by atoms with Crippen molar-refractivity contribution in [1.82, 2.24) is 10.2 Å². The van der Waals surface area contributed by atoms with Crippen LogP contribution in [0.25, 0.3) is 0 Å². The van der Waals surface area contributed by atoms with Gasteiger partial charge in [0.25, 0.3) is 0 Å². The summed E-state index contributed by atoms with van der Waals surface area (Å²) in [6, 6.07) is 0. The van der Waals surface area contributed by atoms with Gasteiger partial charge in [-0.3, -0.25) is 4.99 Å². The molecule has 2 saturated heterocycles. The molecule has 2 aliphatic heterocycles. The van der Waals surface area contributed by atoms with Gasteiger partial charge in [0.15, 0.2) is 5.96 Å². The number of guanidine groups is 1. The molecule has 1 N–H and O–H groups in total. The van der Waals surface area contributed by atoms with Gasteiger partial charge in [0, 0.05) is 40.4 Å². The fourth-order valence-corrected chi connectivity index (χ4v) is 3.11. The smallest absolute Gasteiger partial charge is 0.193 e. The van der Waals surface area contributed by atoms with Crippen LogP contribution in [0, 0.1) is 0 Å². The third-order valence-corrected chi connectivity index (χ3v) is 4.97. The Morgan fingerprint density at radius 2 is 1.96 bits per heavy atom. The Morgan fingerprint density at radius 3 is 2.52 bits per heavy atom. The lowest BCUT2D eigenvalue weighted by Crippen LogP contribution is -2.50. The summed E-state index contributed by atoms with van der Waals surface area (Å²) in [5.74, 6) is 0.953. The van der Waals surface area contributed by atoms with E-state index >= 15 is 0 Å². The Labute approximate surface area is 170 Å². The lowest BCUT2D eigenvalue weighted by molar-refractivity contribution is -0.0721. The number of nitrogens with zero attached hydrogens (tertiary/aromatic N) is 2. The maximum atomic E-state index is 6.08. The van der Waals surface area contributed by atoms with Crippen LogP contribution in [0.1, 0.15) is 46.0 Å². The molecule has 2 fully saturated rings. The summed E-state index contributed by atoms with van der Waals surface area (Å²) in [7, 11) is 3.58. The van der Waals surface area contributed by atoms with Gasteiger partial charge in [0.05, 0.1) is 24.4 Å². The molecule has 1 atom stereocenters. The van der Waals surface area contributed by atoms with Gasteiger partial charge in [0.2, 0.25) is 0 Å². The summed E-state index contributed by atoms with van der Waals surface area (Å²) in [6.45, 7) is 8.48. The van der Waals surface area contributed by atoms with Gasteiger partial charge < -0.3 is 24.4 Å². The van der Waals surface area contributed by atoms with Crippen LogP contribution in [-0.2, 0) is 14.2 Å². The molecule has 0 aromatic heterocycles. The van der Waals surface area contributed by atoms with Crippen molar-refractivity contribution in [2.45, 2.75) is 63.8 Å². The van der Waals surface area contributed by atoms with Crippen LogP contribution in [0.3, 0.4) is 0 Å². The Hall–Kier alpha value is -0.120. The second-order valence-electron chi connectivity index (χ2n) is 7.37. The van der Waals surface area contributed by atoms with Crippen molar-refractivity contribution in [2.24, 2.45) is 4.99 Å². The first-order valence-electron chi connectivity index (χ1n) is 9.28. The highest BCUT2D eigenvalue weighted by atomic mass is 127. The fraction of sp³-hybridized carbons (Fsp3) is 0.944. The molecule has 25 heavy (non-hydrogen) atoms. The van der Waals surface area contributed by atoms with Gasteiger partial charge in [-0.2, -0.15) is 0 Å². The van der Waals surface area contributed by atoms with E-state index in [0.717, 1.165) is 58.1 Å². The van der Waals surface area contributed by atoms with Gasteiger partial charge in [-0.25, -0.2) is 0 Å². The van der Waals surface area contributed by atoms with E-state index in [4.69, 9.17) is 14.2 Å². The number of hydrogen-bond donors (Lipinski definition) is 1. The van der Waals surface area contributed by atoms with Gasteiger partial charge in [-0.15, -0.1) is 24.0 Å². The lowest BCUT2D eigenvalue weighted by atomic mass is 10.1. The molecule has 0 aromatic carbocycles. The molecule has 0 bridgehead atoms. The van der Waals surface area contributed by atoms with Gasteiger partial charge in [0.1, 0.15) is 0 Å². The van der Waals surface area contributed by atoms with E-state index in [-0.39, 0.29) is 29.6 Å². The van der Waals surface area contributed by atoms with Crippen molar-refractivity contribution in [2.75, 3.05) is 47.0 Å². The van der Waals surface area contributed by atoms with Crippen LogP contribution in [0.5, 0.6) is 0 Å². The Morgan fingerprint density at radius 1 is 1.24 bits per heavy atom. The summed E-state index contributed by atoms with van der Waals surface area (Å²) in [4.78, 5) is 6.72. The molecule has 6 nitrogen and oxygen atoms in total. The van der Waals surface area contributed by atoms with Crippen LogP contribution in [0.15, 0.2) is 4.99 Å². The number of hydrogen-bond acceptors (Lipinski definition) is 4. The average molecular weight is 469 g/mol. The molecule has 2 heterocycles. The molecule has 0 amide bonds. The summed E-state index contributed by atoms with van der Waals surface area (Å²) < 4.78 is 17.3. The zero-order valence-electron chi connectivity index (χ0n) is 16.3. The molecule has 148 valence electrons. The molecule has 1 unspecified atom stereocenters. The van der Waals surface area contributed by atoms with Gasteiger partial charge in [-0.05, 0) is 46.0 Å². The highest BCUT2D eigenvalue weighted by Crippen LogP contribution is 2.18. The second-order valence-corrected chi connectivity index (χ2v) is 7.37. The maximum Gasteiger partial charge on any atom is 0.193 e. The fourth-order valence-electron chi connectivity index (χ4n) is 3.11. The van der Waals surface area contributed by atoms with Crippen molar-refractivity contribution in [1.29, 1.82) is 0 Å². The van der Waals surface area contributed by atoms with Gasteiger partial charge >= 0.3 is 0 Å². The van der Waals surface area contributed by atoms with Crippen LogP contribution in [0.4, 0.5) is 0 Å². The molecule has 7 heteroatoms.